The number of urea groups is 1. The topological polar surface area (TPSA) is 65.7 Å². The van der Waals surface area contributed by atoms with Crippen LogP contribution < -0.4 is 0 Å². The third-order valence-electron chi connectivity index (χ3n) is 7.15. The summed E-state index contributed by atoms with van der Waals surface area (Å²) in [5.41, 5.74) is 1.40. The number of benzene rings is 1. The van der Waals surface area contributed by atoms with E-state index in [9.17, 15) is 4.79 Å². The fourth-order valence-electron chi connectivity index (χ4n) is 5.61. The van der Waals surface area contributed by atoms with Gasteiger partial charge in [0.05, 0.1) is 0 Å². The van der Waals surface area contributed by atoms with Gasteiger partial charge in [-0.2, -0.15) is 4.98 Å². The van der Waals surface area contributed by atoms with E-state index in [1.807, 2.05) is 4.90 Å². The first-order valence-corrected chi connectivity index (χ1v) is 11.2. The van der Waals surface area contributed by atoms with Crippen molar-refractivity contribution >= 4 is 6.03 Å². The van der Waals surface area contributed by atoms with E-state index >= 15 is 0 Å². The second-order valence-corrected chi connectivity index (χ2v) is 9.15. The molecule has 3 atom stereocenters. The predicted octanol–water partition coefficient (Wildman–Crippen LogP) is 3.62. The molecule has 2 aromatic rings. The Balaban J connectivity index is 1.28. The third-order valence-corrected chi connectivity index (χ3v) is 7.15. The van der Waals surface area contributed by atoms with Gasteiger partial charge in [0, 0.05) is 51.1 Å². The van der Waals surface area contributed by atoms with Crippen LogP contribution in [0.3, 0.4) is 0 Å². The molecule has 1 aromatic heterocycles. The van der Waals surface area contributed by atoms with Crippen LogP contribution in [0.25, 0.3) is 0 Å². The maximum absolute atomic E-state index is 12.2. The Hall–Kier alpha value is -2.41. The SMILES string of the molecule is CN(C)C(=O)N1CCC(c2nc([C@H]3C[C@@H](c4ccccc4)N4CCC[C@H]34)no2)CC1. The van der Waals surface area contributed by atoms with Gasteiger partial charge in [-0.1, -0.05) is 35.5 Å². The van der Waals surface area contributed by atoms with E-state index in [0.717, 1.165) is 50.6 Å². The van der Waals surface area contributed by atoms with E-state index in [4.69, 9.17) is 9.51 Å². The van der Waals surface area contributed by atoms with E-state index in [1.165, 1.54) is 18.4 Å². The molecule has 5 rings (SSSR count). The first-order chi connectivity index (χ1) is 14.6. The van der Waals surface area contributed by atoms with Gasteiger partial charge in [-0.3, -0.25) is 4.90 Å². The Labute approximate surface area is 178 Å². The van der Waals surface area contributed by atoms with Crippen molar-refractivity contribution in [3.63, 3.8) is 0 Å². The van der Waals surface area contributed by atoms with Crippen molar-refractivity contribution in [1.82, 2.24) is 24.8 Å². The molecule has 3 aliphatic heterocycles. The molecular formula is C23H31N5O2. The van der Waals surface area contributed by atoms with Gasteiger partial charge in [-0.15, -0.1) is 0 Å². The van der Waals surface area contributed by atoms with Gasteiger partial charge in [-0.25, -0.2) is 4.79 Å². The minimum Gasteiger partial charge on any atom is -0.339 e. The van der Waals surface area contributed by atoms with Crippen molar-refractivity contribution in [3.05, 3.63) is 47.6 Å². The Bertz CT molecular complexity index is 875. The molecule has 0 spiro atoms. The number of rotatable bonds is 3. The number of aromatic nitrogens is 2. The fourth-order valence-corrected chi connectivity index (χ4v) is 5.61. The standard InChI is InChI=1S/C23H31N5O2/c1-26(2)23(29)27-13-10-17(11-14-27)22-24-21(25-30-22)18-15-20(16-7-4-3-5-8-16)28-12-6-9-19(18)28/h3-5,7-8,17-20H,6,9-15H2,1-2H3/t18-,19+,20-/m0/s1. The molecule has 0 N–H and O–H groups in total. The summed E-state index contributed by atoms with van der Waals surface area (Å²) in [5.74, 6) is 2.23. The molecule has 0 radical (unpaired) electrons. The van der Waals surface area contributed by atoms with Gasteiger partial charge in [0.25, 0.3) is 0 Å². The summed E-state index contributed by atoms with van der Waals surface area (Å²) in [6, 6.07) is 11.9. The van der Waals surface area contributed by atoms with Crippen LogP contribution in [0.15, 0.2) is 34.9 Å². The number of carbonyl (C=O) groups excluding carboxylic acids is 1. The number of piperidine rings is 1. The number of amides is 2. The average Bonchev–Trinajstić information content (AvgIpc) is 3.50. The molecule has 3 saturated heterocycles. The number of nitrogens with zero attached hydrogens (tertiary/aromatic N) is 5. The second-order valence-electron chi connectivity index (χ2n) is 9.15. The summed E-state index contributed by atoms with van der Waals surface area (Å²) in [6.45, 7) is 2.65. The van der Waals surface area contributed by atoms with Crippen LogP contribution in [-0.2, 0) is 0 Å². The van der Waals surface area contributed by atoms with Crippen LogP contribution in [0.4, 0.5) is 4.79 Å². The third kappa shape index (κ3) is 3.49. The summed E-state index contributed by atoms with van der Waals surface area (Å²) in [5, 5.41) is 4.44. The summed E-state index contributed by atoms with van der Waals surface area (Å²) >= 11 is 0. The second kappa shape index (κ2) is 8.02. The van der Waals surface area contributed by atoms with Crippen LogP contribution >= 0.6 is 0 Å². The summed E-state index contributed by atoms with van der Waals surface area (Å²) in [4.78, 5) is 23.3. The Morgan fingerprint density at radius 2 is 1.87 bits per heavy atom. The van der Waals surface area contributed by atoms with Crippen LogP contribution in [0.1, 0.15) is 67.3 Å². The lowest BCUT2D eigenvalue weighted by atomic mass is 9.93. The summed E-state index contributed by atoms with van der Waals surface area (Å²) in [7, 11) is 3.60. The van der Waals surface area contributed by atoms with Gasteiger partial charge >= 0.3 is 6.03 Å². The minimum atomic E-state index is 0.0823. The largest absolute Gasteiger partial charge is 0.339 e. The van der Waals surface area contributed by atoms with Crippen LogP contribution in [-0.4, -0.2) is 70.6 Å². The lowest BCUT2D eigenvalue weighted by Crippen LogP contribution is -2.43. The first-order valence-electron chi connectivity index (χ1n) is 11.2. The van der Waals surface area contributed by atoms with Crippen molar-refractivity contribution in [2.24, 2.45) is 0 Å². The number of likely N-dealkylation sites (tertiary alicyclic amines) is 1. The van der Waals surface area contributed by atoms with Gasteiger partial charge in [0.2, 0.25) is 5.89 Å². The molecule has 2 amide bonds. The quantitative estimate of drug-likeness (QED) is 0.775. The molecular weight excluding hydrogens is 378 g/mol. The van der Waals surface area contributed by atoms with E-state index in [2.05, 4.69) is 40.4 Å². The van der Waals surface area contributed by atoms with Crippen LogP contribution in [0.2, 0.25) is 0 Å². The normalized spacial score (nSPS) is 27.4. The van der Waals surface area contributed by atoms with Crippen molar-refractivity contribution in [3.8, 4) is 0 Å². The molecule has 30 heavy (non-hydrogen) atoms. The van der Waals surface area contributed by atoms with E-state index < -0.39 is 0 Å². The van der Waals surface area contributed by atoms with Gasteiger partial charge < -0.3 is 14.3 Å². The molecule has 3 fully saturated rings. The Morgan fingerprint density at radius 3 is 2.60 bits per heavy atom. The molecule has 0 unspecified atom stereocenters. The van der Waals surface area contributed by atoms with Crippen molar-refractivity contribution in [2.45, 2.75) is 56.0 Å². The van der Waals surface area contributed by atoms with E-state index in [1.54, 1.807) is 19.0 Å². The van der Waals surface area contributed by atoms with E-state index in [-0.39, 0.29) is 11.9 Å². The van der Waals surface area contributed by atoms with Crippen LogP contribution in [0, 0.1) is 0 Å². The number of fused-ring (bicyclic) bond motifs is 1. The molecule has 1 aromatic carbocycles. The zero-order valence-corrected chi connectivity index (χ0v) is 17.9. The zero-order valence-electron chi connectivity index (χ0n) is 17.9. The smallest absolute Gasteiger partial charge is 0.319 e. The molecule has 0 aliphatic carbocycles. The molecule has 7 nitrogen and oxygen atoms in total. The highest BCUT2D eigenvalue weighted by molar-refractivity contribution is 5.73. The fraction of sp³-hybridized carbons (Fsp3) is 0.609. The number of carbonyl (C=O) groups is 1. The molecule has 160 valence electrons. The van der Waals surface area contributed by atoms with Crippen molar-refractivity contribution < 1.29 is 9.32 Å². The number of hydrogen-bond acceptors (Lipinski definition) is 5. The molecule has 3 aliphatic rings. The predicted molar refractivity (Wildman–Crippen MR) is 113 cm³/mol. The minimum absolute atomic E-state index is 0.0823. The summed E-state index contributed by atoms with van der Waals surface area (Å²) < 4.78 is 5.76. The molecule has 7 heteroatoms. The molecule has 4 heterocycles. The highest BCUT2D eigenvalue weighted by atomic mass is 16.5. The highest BCUT2D eigenvalue weighted by Gasteiger charge is 2.46. The monoisotopic (exact) mass is 409 g/mol. The average molecular weight is 410 g/mol. The van der Waals surface area contributed by atoms with Crippen molar-refractivity contribution in [2.75, 3.05) is 33.7 Å². The van der Waals surface area contributed by atoms with Crippen molar-refractivity contribution in [1.29, 1.82) is 0 Å². The van der Waals surface area contributed by atoms with Gasteiger partial charge in [0.1, 0.15) is 0 Å². The highest BCUT2D eigenvalue weighted by Crippen LogP contribution is 2.48. The first kappa shape index (κ1) is 19.5. The Morgan fingerprint density at radius 1 is 1.10 bits per heavy atom. The zero-order chi connectivity index (χ0) is 20.7. The summed E-state index contributed by atoms with van der Waals surface area (Å²) in [6.07, 6.45) is 5.28. The van der Waals surface area contributed by atoms with Gasteiger partial charge in [0.15, 0.2) is 5.82 Å². The lowest BCUT2D eigenvalue weighted by Gasteiger charge is -2.32. The maximum Gasteiger partial charge on any atom is 0.319 e. The lowest BCUT2D eigenvalue weighted by molar-refractivity contribution is 0.152. The molecule has 0 saturated carbocycles. The maximum atomic E-state index is 12.2. The Kier molecular flexibility index (Phi) is 5.23. The van der Waals surface area contributed by atoms with Crippen LogP contribution in [0.5, 0.6) is 0 Å². The van der Waals surface area contributed by atoms with E-state index in [0.29, 0.717) is 18.0 Å². The number of hydrogen-bond donors (Lipinski definition) is 0. The molecule has 0 bridgehead atoms. The van der Waals surface area contributed by atoms with Gasteiger partial charge in [-0.05, 0) is 44.2 Å².